The van der Waals surface area contributed by atoms with E-state index < -0.39 is 11.8 Å². The van der Waals surface area contributed by atoms with Crippen LogP contribution in [0.1, 0.15) is 5.01 Å². The molecule has 0 atom stereocenters. The van der Waals surface area contributed by atoms with E-state index in [9.17, 15) is 9.90 Å². The molecule has 0 fully saturated rings. The van der Waals surface area contributed by atoms with Crippen LogP contribution in [0.4, 0.5) is 16.4 Å². The van der Waals surface area contributed by atoms with E-state index in [-0.39, 0.29) is 15.7 Å². The van der Waals surface area contributed by atoms with Crippen LogP contribution in [-0.2, 0) is 4.79 Å². The molecule has 8 nitrogen and oxygen atoms in total. The molecule has 11 heteroatoms. The van der Waals surface area contributed by atoms with E-state index in [0.717, 1.165) is 11.3 Å². The second kappa shape index (κ2) is 8.79. The lowest BCUT2D eigenvalue weighted by Crippen LogP contribution is -2.25. The van der Waals surface area contributed by atoms with E-state index in [2.05, 4.69) is 25.7 Å². The number of azo groups is 1. The zero-order valence-electron chi connectivity index (χ0n) is 14.0. The van der Waals surface area contributed by atoms with E-state index in [1.165, 1.54) is 0 Å². The normalized spacial score (nSPS) is 11.7. The highest BCUT2D eigenvalue weighted by atomic mass is 35.5. The summed E-state index contributed by atoms with van der Waals surface area (Å²) in [6.45, 7) is 0. The molecule has 0 aliphatic carbocycles. The van der Waals surface area contributed by atoms with Gasteiger partial charge in [-0.3, -0.25) is 10.2 Å². The zero-order chi connectivity index (χ0) is 20.1. The van der Waals surface area contributed by atoms with Crippen LogP contribution in [0.5, 0.6) is 5.88 Å². The lowest BCUT2D eigenvalue weighted by Gasteiger charge is -2.04. The summed E-state index contributed by atoms with van der Waals surface area (Å²) in [6.07, 6.45) is 0. The molecule has 0 bridgehead atoms. The Kier molecular flexibility index (Phi) is 6.19. The molecule has 3 aromatic rings. The highest BCUT2D eigenvalue weighted by molar-refractivity contribution is 7.18. The van der Waals surface area contributed by atoms with Gasteiger partial charge in [-0.15, -0.1) is 10.2 Å². The summed E-state index contributed by atoms with van der Waals surface area (Å²) >= 11 is 12.9. The highest BCUT2D eigenvalue weighted by Gasteiger charge is 2.19. The minimum Gasteiger partial charge on any atom is -0.491 e. The molecule has 1 amide bonds. The molecule has 4 N–H and O–H groups in total. The third kappa shape index (κ3) is 4.63. The van der Waals surface area contributed by atoms with Gasteiger partial charge >= 0.3 is 0 Å². The van der Waals surface area contributed by atoms with Crippen molar-refractivity contribution in [3.8, 4) is 5.88 Å². The van der Waals surface area contributed by atoms with Crippen LogP contribution >= 0.6 is 34.5 Å². The van der Waals surface area contributed by atoms with Crippen molar-refractivity contribution in [2.24, 2.45) is 21.1 Å². The van der Waals surface area contributed by atoms with Gasteiger partial charge in [0.2, 0.25) is 5.00 Å². The van der Waals surface area contributed by atoms with E-state index >= 15 is 0 Å². The number of carbonyl (C=O) groups excluding carboxylic acids is 1. The van der Waals surface area contributed by atoms with Crippen LogP contribution in [0.15, 0.2) is 63.9 Å². The molecule has 28 heavy (non-hydrogen) atoms. The minimum absolute atomic E-state index is 0.0673. The first-order valence-corrected chi connectivity index (χ1v) is 9.27. The van der Waals surface area contributed by atoms with Gasteiger partial charge in [-0.05, 0) is 24.3 Å². The molecule has 0 spiro atoms. The first-order chi connectivity index (χ1) is 13.5. The first-order valence-electron chi connectivity index (χ1n) is 7.70. The molecule has 1 aromatic heterocycles. The first kappa shape index (κ1) is 19.7. The number of nitrogens with zero attached hydrogens (tertiary/aromatic N) is 4. The van der Waals surface area contributed by atoms with Crippen molar-refractivity contribution < 1.29 is 9.90 Å². The number of primary amides is 1. The number of halogens is 2. The van der Waals surface area contributed by atoms with Crippen molar-refractivity contribution in [2.45, 2.75) is 0 Å². The molecule has 0 aliphatic heterocycles. The minimum atomic E-state index is -0.845. The second-order valence-corrected chi connectivity index (χ2v) is 7.01. The third-order valence-electron chi connectivity index (χ3n) is 3.29. The lowest BCUT2D eigenvalue weighted by atomic mass is 10.3. The Morgan fingerprint density at radius 1 is 1.07 bits per heavy atom. The van der Waals surface area contributed by atoms with Crippen molar-refractivity contribution in [2.75, 3.05) is 5.43 Å². The number of carbonyl (C=O) groups is 1. The average molecular weight is 435 g/mol. The summed E-state index contributed by atoms with van der Waals surface area (Å²) in [7, 11) is 0. The van der Waals surface area contributed by atoms with E-state index in [4.69, 9.17) is 28.9 Å². The summed E-state index contributed by atoms with van der Waals surface area (Å²) in [4.78, 5) is 15.7. The molecule has 142 valence electrons. The molecule has 0 unspecified atom stereocenters. The molecule has 0 saturated carbocycles. The van der Waals surface area contributed by atoms with Crippen LogP contribution in [0, 0.1) is 0 Å². The van der Waals surface area contributed by atoms with Gasteiger partial charge in [0.15, 0.2) is 10.7 Å². The number of para-hydroxylation sites is 1. The van der Waals surface area contributed by atoms with Gasteiger partial charge in [-0.1, -0.05) is 58.8 Å². The number of aromatic nitrogens is 1. The molecule has 0 aliphatic rings. The van der Waals surface area contributed by atoms with Gasteiger partial charge in [0.25, 0.3) is 11.8 Å². The van der Waals surface area contributed by atoms with Gasteiger partial charge in [0, 0.05) is 0 Å². The second-order valence-electron chi connectivity index (χ2n) is 5.22. The number of benzene rings is 2. The number of hydrogen-bond donors (Lipinski definition) is 3. The van der Waals surface area contributed by atoms with Crippen molar-refractivity contribution in [1.29, 1.82) is 0 Å². The van der Waals surface area contributed by atoms with Crippen LogP contribution in [0.25, 0.3) is 0 Å². The number of hydrazone groups is 1. The maximum absolute atomic E-state index is 11.8. The number of aromatic hydroxyl groups is 1. The zero-order valence-corrected chi connectivity index (χ0v) is 16.3. The fourth-order valence-corrected chi connectivity index (χ4v) is 3.11. The Balaban J connectivity index is 1.88. The molecule has 0 radical (unpaired) electrons. The quantitative estimate of drug-likeness (QED) is 0.290. The Bertz CT molecular complexity index is 1080. The summed E-state index contributed by atoms with van der Waals surface area (Å²) in [5.41, 5.74) is 8.74. The summed E-state index contributed by atoms with van der Waals surface area (Å²) < 4.78 is 0. The average Bonchev–Trinajstić information content (AvgIpc) is 3.03. The van der Waals surface area contributed by atoms with Crippen LogP contribution in [0.2, 0.25) is 10.0 Å². The van der Waals surface area contributed by atoms with Crippen LogP contribution in [-0.4, -0.2) is 21.7 Å². The number of nitrogens with two attached hydrogens (primary N) is 1. The molecular weight excluding hydrogens is 423 g/mol. The lowest BCUT2D eigenvalue weighted by molar-refractivity contribution is -0.111. The fraction of sp³-hybridized carbons (Fsp3) is 0. The number of rotatable bonds is 6. The Morgan fingerprint density at radius 2 is 1.75 bits per heavy atom. The fourth-order valence-electron chi connectivity index (χ4n) is 1.98. The summed E-state index contributed by atoms with van der Waals surface area (Å²) in [6, 6.07) is 13.7. The Morgan fingerprint density at radius 3 is 2.43 bits per heavy atom. The van der Waals surface area contributed by atoms with E-state index in [0.29, 0.717) is 21.4 Å². The smallest absolute Gasteiger partial charge is 0.272 e. The predicted molar refractivity (Wildman–Crippen MR) is 110 cm³/mol. The van der Waals surface area contributed by atoms with Crippen molar-refractivity contribution in [3.63, 3.8) is 0 Å². The molecule has 0 saturated heterocycles. The molecule has 2 aromatic carbocycles. The van der Waals surface area contributed by atoms with Gasteiger partial charge in [-0.25, -0.2) is 0 Å². The number of thiazole rings is 1. The number of amides is 1. The van der Waals surface area contributed by atoms with Gasteiger partial charge < -0.3 is 10.8 Å². The van der Waals surface area contributed by atoms with Crippen molar-refractivity contribution in [3.05, 3.63) is 63.6 Å². The van der Waals surface area contributed by atoms with Gasteiger partial charge in [0.1, 0.15) is 5.69 Å². The van der Waals surface area contributed by atoms with Gasteiger partial charge in [0.05, 0.1) is 15.7 Å². The third-order valence-corrected chi connectivity index (χ3v) is 4.88. The standard InChI is InChI=1S/C17H12Cl2N6O2S/c18-9-5-1-3-7-11(9)22-24-13(14(20)26)16-21-15(27)17(28-16)25-23-12-8-4-2-6-10(12)19/h1-8,22,27H,(H2,20,26)/b24-13-,25-23?. The molecular formula is C17H12Cl2N6O2S. The number of nitrogens with one attached hydrogen (secondary N) is 1. The topological polar surface area (TPSA) is 125 Å². The van der Waals surface area contributed by atoms with E-state index in [1.807, 2.05) is 0 Å². The predicted octanol–water partition coefficient (Wildman–Crippen LogP) is 4.87. The maximum Gasteiger partial charge on any atom is 0.272 e. The van der Waals surface area contributed by atoms with E-state index in [1.54, 1.807) is 48.5 Å². The van der Waals surface area contributed by atoms with Crippen molar-refractivity contribution >= 4 is 62.5 Å². The van der Waals surface area contributed by atoms with Crippen molar-refractivity contribution in [1.82, 2.24) is 4.98 Å². The number of anilines is 1. The molecule has 3 rings (SSSR count). The Hall–Kier alpha value is -3.01. The Labute approximate surface area is 173 Å². The largest absolute Gasteiger partial charge is 0.491 e. The monoisotopic (exact) mass is 434 g/mol. The molecule has 1 heterocycles. The SMILES string of the molecule is NC(=O)/C(=N/Nc1ccccc1Cl)c1nc(O)c(N=Nc2ccccc2Cl)s1. The van der Waals surface area contributed by atoms with Gasteiger partial charge in [-0.2, -0.15) is 10.1 Å². The maximum atomic E-state index is 11.8. The highest BCUT2D eigenvalue weighted by Crippen LogP contribution is 2.35. The van der Waals surface area contributed by atoms with Crippen LogP contribution < -0.4 is 11.2 Å². The van der Waals surface area contributed by atoms with Crippen LogP contribution in [0.3, 0.4) is 0 Å². The number of hydrogen-bond acceptors (Lipinski definition) is 8. The summed E-state index contributed by atoms with van der Waals surface area (Å²) in [5.74, 6) is -1.26. The summed E-state index contributed by atoms with van der Waals surface area (Å²) in [5, 5.41) is 22.8.